The Labute approximate surface area is 181 Å². The third kappa shape index (κ3) is 3.89. The number of hydrogen-bond donors (Lipinski definition) is 1. The number of nitrogens with zero attached hydrogens (tertiary/aromatic N) is 1. The first-order chi connectivity index (χ1) is 15.2. The van der Waals surface area contributed by atoms with Gasteiger partial charge >= 0.3 is 0 Å². The van der Waals surface area contributed by atoms with E-state index in [0.717, 1.165) is 42.7 Å². The molecule has 1 fully saturated rings. The molecule has 1 amide bonds. The molecule has 0 spiro atoms. The van der Waals surface area contributed by atoms with Gasteiger partial charge < -0.3 is 14.2 Å². The molecule has 0 bridgehead atoms. The Kier molecular flexibility index (Phi) is 5.35. The number of furan rings is 2. The van der Waals surface area contributed by atoms with E-state index < -0.39 is 0 Å². The predicted octanol–water partition coefficient (Wildman–Crippen LogP) is 6.16. The predicted molar refractivity (Wildman–Crippen MR) is 121 cm³/mol. The molecule has 31 heavy (non-hydrogen) atoms. The van der Waals surface area contributed by atoms with E-state index in [1.165, 1.54) is 23.8 Å². The number of nitrogens with one attached hydrogen (secondary N) is 1. The molecule has 5 rings (SSSR count). The Morgan fingerprint density at radius 2 is 1.74 bits per heavy atom. The number of benzene rings is 2. The minimum Gasteiger partial charge on any atom is -0.459 e. The molecule has 0 radical (unpaired) electrons. The average molecular weight is 415 g/mol. The number of carbonyl (C=O) groups excluding carboxylic acids is 1. The van der Waals surface area contributed by atoms with Crippen molar-refractivity contribution in [2.45, 2.75) is 32.2 Å². The molecule has 4 aromatic rings. The van der Waals surface area contributed by atoms with Crippen LogP contribution in [-0.4, -0.2) is 23.9 Å². The number of fused-ring (bicyclic) bond motifs is 1. The van der Waals surface area contributed by atoms with E-state index in [2.05, 4.69) is 41.4 Å². The molecule has 1 aliphatic heterocycles. The lowest BCUT2D eigenvalue weighted by Gasteiger charge is -2.34. The molecule has 5 nitrogen and oxygen atoms in total. The Bertz CT molecular complexity index is 1170. The van der Waals surface area contributed by atoms with Crippen LogP contribution in [-0.2, 0) is 0 Å². The maximum atomic E-state index is 12.9. The summed E-state index contributed by atoms with van der Waals surface area (Å²) in [5.74, 6) is 0.770. The smallest absolute Gasteiger partial charge is 0.291 e. The Morgan fingerprint density at radius 3 is 2.48 bits per heavy atom. The van der Waals surface area contributed by atoms with Crippen molar-refractivity contribution >= 4 is 22.6 Å². The molecule has 1 atom stereocenters. The van der Waals surface area contributed by atoms with Crippen LogP contribution in [0.5, 0.6) is 0 Å². The lowest BCUT2D eigenvalue weighted by molar-refractivity contribution is 0.0996. The molecule has 1 saturated heterocycles. The average Bonchev–Trinajstić information content (AvgIpc) is 3.45. The zero-order valence-corrected chi connectivity index (χ0v) is 17.6. The SMILES string of the molecule is Cc1ccc(C(c2oc3ccccc3c2NC(=O)c2ccco2)N2CCCCC2)cc1. The van der Waals surface area contributed by atoms with Crippen molar-refractivity contribution < 1.29 is 13.6 Å². The van der Waals surface area contributed by atoms with Crippen LogP contribution < -0.4 is 5.32 Å². The highest BCUT2D eigenvalue weighted by Crippen LogP contribution is 2.41. The number of rotatable bonds is 5. The highest BCUT2D eigenvalue weighted by molar-refractivity contribution is 6.08. The lowest BCUT2D eigenvalue weighted by atomic mass is 9.97. The standard InChI is InChI=1S/C26H26N2O3/c1-18-11-13-19(14-12-18)24(28-15-5-2-6-16-28)25-23(20-8-3-4-9-21(20)31-25)27-26(29)22-10-7-17-30-22/h3-4,7-14,17,24H,2,5-6,15-16H2,1H3,(H,27,29). The van der Waals surface area contributed by atoms with Gasteiger partial charge in [0, 0.05) is 5.39 Å². The number of amides is 1. The minimum absolute atomic E-state index is 0.0693. The van der Waals surface area contributed by atoms with E-state index in [4.69, 9.17) is 8.83 Å². The molecule has 0 aliphatic carbocycles. The van der Waals surface area contributed by atoms with E-state index in [-0.39, 0.29) is 17.7 Å². The van der Waals surface area contributed by atoms with Gasteiger partial charge in [0.15, 0.2) is 5.76 Å². The van der Waals surface area contributed by atoms with Crippen molar-refractivity contribution in [3.63, 3.8) is 0 Å². The molecule has 2 aromatic heterocycles. The normalized spacial score (nSPS) is 15.8. The van der Waals surface area contributed by atoms with Crippen molar-refractivity contribution in [3.05, 3.63) is 89.6 Å². The van der Waals surface area contributed by atoms with Gasteiger partial charge in [-0.05, 0) is 62.7 Å². The fourth-order valence-corrected chi connectivity index (χ4v) is 4.42. The third-order valence-corrected chi connectivity index (χ3v) is 6.00. The number of hydrogen-bond acceptors (Lipinski definition) is 4. The van der Waals surface area contributed by atoms with Gasteiger partial charge in [-0.1, -0.05) is 48.4 Å². The van der Waals surface area contributed by atoms with Gasteiger partial charge in [-0.25, -0.2) is 0 Å². The van der Waals surface area contributed by atoms with E-state index in [0.29, 0.717) is 5.69 Å². The van der Waals surface area contributed by atoms with Crippen LogP contribution in [0.2, 0.25) is 0 Å². The molecule has 2 aromatic carbocycles. The van der Waals surface area contributed by atoms with Crippen molar-refractivity contribution in [2.75, 3.05) is 18.4 Å². The van der Waals surface area contributed by atoms with Crippen LogP contribution in [0, 0.1) is 6.92 Å². The number of piperidine rings is 1. The highest BCUT2D eigenvalue weighted by Gasteiger charge is 2.31. The van der Waals surface area contributed by atoms with Gasteiger partial charge in [-0.15, -0.1) is 0 Å². The molecule has 0 saturated carbocycles. The number of para-hydroxylation sites is 1. The second-order valence-corrected chi connectivity index (χ2v) is 8.18. The molecule has 3 heterocycles. The summed E-state index contributed by atoms with van der Waals surface area (Å²) >= 11 is 0. The van der Waals surface area contributed by atoms with Gasteiger partial charge in [0.05, 0.1) is 18.0 Å². The zero-order valence-electron chi connectivity index (χ0n) is 17.6. The summed E-state index contributed by atoms with van der Waals surface area (Å²) in [5.41, 5.74) is 3.87. The van der Waals surface area contributed by atoms with Crippen molar-refractivity contribution in [1.29, 1.82) is 0 Å². The van der Waals surface area contributed by atoms with Gasteiger partial charge in [-0.2, -0.15) is 0 Å². The van der Waals surface area contributed by atoms with Gasteiger partial charge in [0.2, 0.25) is 0 Å². The quantitative estimate of drug-likeness (QED) is 0.425. The number of likely N-dealkylation sites (tertiary alicyclic amines) is 1. The molecule has 5 heteroatoms. The Hall–Kier alpha value is -3.31. The maximum Gasteiger partial charge on any atom is 0.291 e. The first-order valence-corrected chi connectivity index (χ1v) is 10.9. The monoisotopic (exact) mass is 414 g/mol. The zero-order chi connectivity index (χ0) is 21.2. The molecule has 158 valence electrons. The number of anilines is 1. The van der Waals surface area contributed by atoms with E-state index in [1.807, 2.05) is 24.3 Å². The second kappa shape index (κ2) is 8.44. The summed E-state index contributed by atoms with van der Waals surface area (Å²) in [7, 11) is 0. The summed E-state index contributed by atoms with van der Waals surface area (Å²) < 4.78 is 11.7. The summed E-state index contributed by atoms with van der Waals surface area (Å²) in [5, 5.41) is 3.98. The van der Waals surface area contributed by atoms with Crippen LogP contribution in [0.3, 0.4) is 0 Å². The van der Waals surface area contributed by atoms with Crippen LogP contribution in [0.1, 0.15) is 52.7 Å². The Balaban J connectivity index is 1.64. The maximum absolute atomic E-state index is 12.9. The number of aryl methyl sites for hydroxylation is 1. The van der Waals surface area contributed by atoms with E-state index in [9.17, 15) is 4.79 Å². The van der Waals surface area contributed by atoms with E-state index >= 15 is 0 Å². The lowest BCUT2D eigenvalue weighted by Crippen LogP contribution is -2.34. The molecule has 1 N–H and O–H groups in total. The molecule has 1 unspecified atom stereocenters. The van der Waals surface area contributed by atoms with Crippen molar-refractivity contribution in [2.24, 2.45) is 0 Å². The van der Waals surface area contributed by atoms with E-state index in [1.54, 1.807) is 12.1 Å². The first-order valence-electron chi connectivity index (χ1n) is 10.9. The van der Waals surface area contributed by atoms with Gasteiger partial charge in [0.1, 0.15) is 11.3 Å². The number of carbonyl (C=O) groups is 1. The fraction of sp³-hybridized carbons (Fsp3) is 0.269. The first kappa shape index (κ1) is 19.6. The molecule has 1 aliphatic rings. The summed E-state index contributed by atoms with van der Waals surface area (Å²) in [6.07, 6.45) is 5.08. The summed E-state index contributed by atoms with van der Waals surface area (Å²) in [4.78, 5) is 15.4. The van der Waals surface area contributed by atoms with Crippen LogP contribution in [0.15, 0.2) is 75.8 Å². The van der Waals surface area contributed by atoms with Crippen LogP contribution >= 0.6 is 0 Å². The van der Waals surface area contributed by atoms with Gasteiger partial charge in [0.25, 0.3) is 5.91 Å². The molecular formula is C26H26N2O3. The fourth-order valence-electron chi connectivity index (χ4n) is 4.42. The highest BCUT2D eigenvalue weighted by atomic mass is 16.3. The largest absolute Gasteiger partial charge is 0.459 e. The van der Waals surface area contributed by atoms with Crippen molar-refractivity contribution in [3.8, 4) is 0 Å². The second-order valence-electron chi connectivity index (χ2n) is 8.18. The van der Waals surface area contributed by atoms with Crippen molar-refractivity contribution in [1.82, 2.24) is 4.90 Å². The summed E-state index contributed by atoms with van der Waals surface area (Å²) in [6.45, 7) is 4.10. The minimum atomic E-state index is -0.279. The topological polar surface area (TPSA) is 58.6 Å². The van der Waals surface area contributed by atoms with Crippen LogP contribution in [0.4, 0.5) is 5.69 Å². The van der Waals surface area contributed by atoms with Crippen LogP contribution in [0.25, 0.3) is 11.0 Å². The third-order valence-electron chi connectivity index (χ3n) is 6.00. The summed E-state index contributed by atoms with van der Waals surface area (Å²) in [6, 6.07) is 19.8. The Morgan fingerprint density at radius 1 is 0.968 bits per heavy atom. The molecular weight excluding hydrogens is 388 g/mol. The van der Waals surface area contributed by atoms with Gasteiger partial charge in [-0.3, -0.25) is 9.69 Å².